The molecule has 0 saturated heterocycles. The summed E-state index contributed by atoms with van der Waals surface area (Å²) in [5.74, 6) is -4.82. The van der Waals surface area contributed by atoms with Gasteiger partial charge in [-0.15, -0.1) is 0 Å². The standard InChI is InChI=1S/C10H14O6/c1-16-10(15)7-3-5(8(11)12)2-6(4-7)9(13)14/h5-7H,2-4H2,1H3,(H,11,12)(H,13,14). The lowest BCUT2D eigenvalue weighted by atomic mass is 9.75. The first kappa shape index (κ1) is 12.5. The summed E-state index contributed by atoms with van der Waals surface area (Å²) < 4.78 is 4.52. The largest absolute Gasteiger partial charge is 0.481 e. The molecule has 0 aromatic carbocycles. The van der Waals surface area contributed by atoms with Crippen molar-refractivity contribution >= 4 is 17.9 Å². The van der Waals surface area contributed by atoms with E-state index >= 15 is 0 Å². The number of hydrogen-bond acceptors (Lipinski definition) is 4. The lowest BCUT2D eigenvalue weighted by Gasteiger charge is -2.29. The van der Waals surface area contributed by atoms with E-state index in [1.165, 1.54) is 7.11 Å². The number of carbonyl (C=O) groups is 3. The average Bonchev–Trinajstić information content (AvgIpc) is 2.27. The van der Waals surface area contributed by atoms with Crippen molar-refractivity contribution in [3.05, 3.63) is 0 Å². The van der Waals surface area contributed by atoms with Gasteiger partial charge in [-0.25, -0.2) is 0 Å². The second kappa shape index (κ2) is 4.96. The molecule has 2 N–H and O–H groups in total. The Labute approximate surface area is 92.2 Å². The highest BCUT2D eigenvalue weighted by Crippen LogP contribution is 2.34. The number of methoxy groups -OCH3 is 1. The molecule has 1 aliphatic rings. The van der Waals surface area contributed by atoms with Gasteiger partial charge in [0, 0.05) is 0 Å². The van der Waals surface area contributed by atoms with Gasteiger partial charge in [0.15, 0.2) is 0 Å². The zero-order valence-electron chi connectivity index (χ0n) is 8.88. The highest BCUT2D eigenvalue weighted by Gasteiger charge is 2.39. The van der Waals surface area contributed by atoms with Crippen LogP contribution in [0.15, 0.2) is 0 Å². The molecule has 2 unspecified atom stereocenters. The number of rotatable bonds is 3. The van der Waals surface area contributed by atoms with Crippen molar-refractivity contribution in [2.75, 3.05) is 7.11 Å². The SMILES string of the molecule is COC(=O)C1CC(C(=O)O)CC(C(=O)O)C1. The van der Waals surface area contributed by atoms with Crippen LogP contribution in [0.2, 0.25) is 0 Å². The van der Waals surface area contributed by atoms with Crippen molar-refractivity contribution in [1.82, 2.24) is 0 Å². The minimum Gasteiger partial charge on any atom is -0.481 e. The molecule has 0 aliphatic heterocycles. The van der Waals surface area contributed by atoms with Gasteiger partial charge in [0.05, 0.1) is 24.9 Å². The Morgan fingerprint density at radius 1 is 0.938 bits per heavy atom. The van der Waals surface area contributed by atoms with Gasteiger partial charge in [0.2, 0.25) is 0 Å². The van der Waals surface area contributed by atoms with E-state index in [0.29, 0.717) is 0 Å². The normalized spacial score (nSPS) is 29.4. The molecule has 2 atom stereocenters. The number of hydrogen-bond donors (Lipinski definition) is 2. The van der Waals surface area contributed by atoms with Crippen LogP contribution < -0.4 is 0 Å². The summed E-state index contributed by atoms with van der Waals surface area (Å²) in [7, 11) is 1.21. The van der Waals surface area contributed by atoms with Gasteiger partial charge in [-0.05, 0) is 19.3 Å². The second-order valence-corrected chi connectivity index (χ2v) is 4.00. The third-order valence-corrected chi connectivity index (χ3v) is 2.94. The van der Waals surface area contributed by atoms with Gasteiger partial charge in [0.25, 0.3) is 0 Å². The highest BCUT2D eigenvalue weighted by molar-refractivity contribution is 5.78. The van der Waals surface area contributed by atoms with Gasteiger partial charge >= 0.3 is 17.9 Å². The van der Waals surface area contributed by atoms with Gasteiger partial charge in [0.1, 0.15) is 0 Å². The fraction of sp³-hybridized carbons (Fsp3) is 0.700. The van der Waals surface area contributed by atoms with Crippen LogP contribution in [0.3, 0.4) is 0 Å². The first-order chi connectivity index (χ1) is 7.45. The molecule has 16 heavy (non-hydrogen) atoms. The highest BCUT2D eigenvalue weighted by atomic mass is 16.5. The molecular formula is C10H14O6. The molecule has 0 amide bonds. The molecule has 0 heterocycles. The van der Waals surface area contributed by atoms with Crippen molar-refractivity contribution in [1.29, 1.82) is 0 Å². The molecular weight excluding hydrogens is 216 g/mol. The Morgan fingerprint density at radius 3 is 1.62 bits per heavy atom. The first-order valence-electron chi connectivity index (χ1n) is 4.99. The number of carboxylic acid groups (broad SMARTS) is 2. The van der Waals surface area contributed by atoms with E-state index in [1.807, 2.05) is 0 Å². The summed E-state index contributed by atoms with van der Waals surface area (Å²) in [6.07, 6.45) is 0.399. The number of esters is 1. The second-order valence-electron chi connectivity index (χ2n) is 4.00. The Bertz CT molecular complexity index is 288. The first-order valence-corrected chi connectivity index (χ1v) is 4.99. The summed E-state index contributed by atoms with van der Waals surface area (Å²) in [4.78, 5) is 33.0. The lowest BCUT2D eigenvalue weighted by Crippen LogP contribution is -2.35. The fourth-order valence-electron chi connectivity index (χ4n) is 2.08. The van der Waals surface area contributed by atoms with Crippen LogP contribution in [0.1, 0.15) is 19.3 Å². The third-order valence-electron chi connectivity index (χ3n) is 2.94. The van der Waals surface area contributed by atoms with Crippen LogP contribution in [-0.4, -0.2) is 35.2 Å². The molecule has 1 saturated carbocycles. The van der Waals surface area contributed by atoms with Crippen LogP contribution in [0, 0.1) is 17.8 Å². The number of carbonyl (C=O) groups excluding carboxylic acids is 1. The predicted octanol–water partition coefficient (Wildman–Crippen LogP) is 0.361. The topological polar surface area (TPSA) is 101 Å². The smallest absolute Gasteiger partial charge is 0.308 e. The minimum atomic E-state index is -1.06. The molecule has 0 aromatic rings. The Hall–Kier alpha value is -1.59. The zero-order chi connectivity index (χ0) is 12.3. The van der Waals surface area contributed by atoms with Gasteiger partial charge < -0.3 is 14.9 Å². The molecule has 90 valence electrons. The molecule has 0 aromatic heterocycles. The van der Waals surface area contributed by atoms with E-state index in [1.54, 1.807) is 0 Å². The summed E-state index contributed by atoms with van der Waals surface area (Å²) in [5.41, 5.74) is 0. The van der Waals surface area contributed by atoms with Gasteiger partial charge in [-0.1, -0.05) is 0 Å². The van der Waals surface area contributed by atoms with E-state index in [-0.39, 0.29) is 19.3 Å². The molecule has 1 rings (SSSR count). The van der Waals surface area contributed by atoms with Crippen molar-refractivity contribution in [2.24, 2.45) is 17.8 Å². The van der Waals surface area contributed by atoms with E-state index in [0.717, 1.165) is 0 Å². The van der Waals surface area contributed by atoms with Crippen LogP contribution in [0.5, 0.6) is 0 Å². The van der Waals surface area contributed by atoms with Crippen molar-refractivity contribution < 1.29 is 29.3 Å². The Morgan fingerprint density at radius 2 is 1.31 bits per heavy atom. The van der Waals surface area contributed by atoms with Gasteiger partial charge in [-0.3, -0.25) is 14.4 Å². The monoisotopic (exact) mass is 230 g/mol. The Kier molecular flexibility index (Phi) is 3.87. The molecule has 1 aliphatic carbocycles. The number of aliphatic carboxylic acids is 2. The summed E-state index contributed by atoms with van der Waals surface area (Å²) >= 11 is 0. The van der Waals surface area contributed by atoms with E-state index < -0.39 is 35.7 Å². The van der Waals surface area contributed by atoms with E-state index in [9.17, 15) is 14.4 Å². The van der Waals surface area contributed by atoms with Crippen LogP contribution in [-0.2, 0) is 19.1 Å². The molecule has 1 fully saturated rings. The molecule has 0 bridgehead atoms. The summed E-state index contributed by atoms with van der Waals surface area (Å²) in [6.45, 7) is 0. The third kappa shape index (κ3) is 2.71. The van der Waals surface area contributed by atoms with E-state index in [2.05, 4.69) is 4.74 Å². The van der Waals surface area contributed by atoms with Crippen LogP contribution in [0.25, 0.3) is 0 Å². The van der Waals surface area contributed by atoms with Gasteiger partial charge in [-0.2, -0.15) is 0 Å². The predicted molar refractivity (Wildman–Crippen MR) is 51.6 cm³/mol. The zero-order valence-corrected chi connectivity index (χ0v) is 8.88. The maximum absolute atomic E-state index is 11.3. The number of ether oxygens (including phenoxy) is 1. The average molecular weight is 230 g/mol. The van der Waals surface area contributed by atoms with Crippen molar-refractivity contribution in [2.45, 2.75) is 19.3 Å². The molecule has 6 heteroatoms. The maximum atomic E-state index is 11.3. The summed E-state index contributed by atoms with van der Waals surface area (Å²) in [6, 6.07) is 0. The van der Waals surface area contributed by atoms with Crippen LogP contribution >= 0.6 is 0 Å². The minimum absolute atomic E-state index is 0.0815. The Balaban J connectivity index is 2.78. The molecule has 0 radical (unpaired) electrons. The quantitative estimate of drug-likeness (QED) is 0.679. The summed E-state index contributed by atoms with van der Waals surface area (Å²) in [5, 5.41) is 17.7. The number of carboxylic acids is 2. The van der Waals surface area contributed by atoms with Crippen LogP contribution in [0.4, 0.5) is 0 Å². The van der Waals surface area contributed by atoms with Crippen molar-refractivity contribution in [3.8, 4) is 0 Å². The maximum Gasteiger partial charge on any atom is 0.308 e. The molecule has 6 nitrogen and oxygen atoms in total. The van der Waals surface area contributed by atoms with Crippen molar-refractivity contribution in [3.63, 3.8) is 0 Å². The fourth-order valence-corrected chi connectivity index (χ4v) is 2.08. The lowest BCUT2D eigenvalue weighted by molar-refractivity contribution is -0.155. The van der Waals surface area contributed by atoms with E-state index in [4.69, 9.17) is 10.2 Å². The molecule has 0 spiro atoms.